The molecule has 2 N–H and O–H groups in total. The molecule has 0 unspecified atom stereocenters. The van der Waals surface area contributed by atoms with Crippen molar-refractivity contribution in [3.8, 4) is 5.75 Å². The largest absolute Gasteiger partial charge is 0.481 e. The second-order valence-corrected chi connectivity index (χ2v) is 4.69. The van der Waals surface area contributed by atoms with E-state index in [1.807, 2.05) is 18.2 Å². The third-order valence-corrected chi connectivity index (χ3v) is 3.08. The third-order valence-electron chi connectivity index (χ3n) is 3.08. The summed E-state index contributed by atoms with van der Waals surface area (Å²) in [6.07, 6.45) is -0.680. The minimum atomic E-state index is -0.680. The number of carbonyl (C=O) groups excluding carboxylic acids is 2. The van der Waals surface area contributed by atoms with Gasteiger partial charge in [0.2, 0.25) is 0 Å². The van der Waals surface area contributed by atoms with Crippen molar-refractivity contribution in [3.63, 3.8) is 0 Å². The Hall–Kier alpha value is -2.82. The molecule has 0 bridgehead atoms. The lowest BCUT2D eigenvalue weighted by Crippen LogP contribution is -2.31. The summed E-state index contributed by atoms with van der Waals surface area (Å²) in [7, 11) is 1.54. The lowest BCUT2D eigenvalue weighted by Gasteiger charge is -2.16. The first-order valence-electron chi connectivity index (χ1n) is 6.95. The van der Waals surface area contributed by atoms with Crippen LogP contribution in [0.3, 0.4) is 0 Å². The molecule has 0 aliphatic carbocycles. The lowest BCUT2D eigenvalue weighted by atomic mass is 10.1. The van der Waals surface area contributed by atoms with Crippen LogP contribution in [0, 0.1) is 0 Å². The zero-order valence-electron chi connectivity index (χ0n) is 12.5. The third kappa shape index (κ3) is 3.85. The molecule has 0 spiro atoms. The molecule has 2 rings (SSSR count). The number of nitrogens with one attached hydrogen (secondary N) is 2. The fourth-order valence-corrected chi connectivity index (χ4v) is 1.92. The van der Waals surface area contributed by atoms with Crippen molar-refractivity contribution >= 4 is 17.5 Å². The van der Waals surface area contributed by atoms with Crippen molar-refractivity contribution in [2.24, 2.45) is 0 Å². The summed E-state index contributed by atoms with van der Waals surface area (Å²) in [4.78, 5) is 24.0. The molecule has 0 radical (unpaired) electrons. The molecule has 22 heavy (non-hydrogen) atoms. The molecule has 114 valence electrons. The number of anilines is 1. The van der Waals surface area contributed by atoms with Gasteiger partial charge in [-0.2, -0.15) is 0 Å². The number of benzene rings is 2. The highest BCUT2D eigenvalue weighted by Crippen LogP contribution is 2.16. The molecule has 2 aromatic carbocycles. The van der Waals surface area contributed by atoms with Crippen LogP contribution in [0.4, 0.5) is 5.69 Å². The maximum absolute atomic E-state index is 12.2. The van der Waals surface area contributed by atoms with E-state index in [1.54, 1.807) is 50.4 Å². The summed E-state index contributed by atoms with van der Waals surface area (Å²) in [5.41, 5.74) is 0.862. The second-order valence-electron chi connectivity index (χ2n) is 4.69. The van der Waals surface area contributed by atoms with E-state index in [0.29, 0.717) is 17.0 Å². The Morgan fingerprint density at radius 2 is 1.64 bits per heavy atom. The lowest BCUT2D eigenvalue weighted by molar-refractivity contribution is -0.122. The van der Waals surface area contributed by atoms with E-state index in [9.17, 15) is 9.59 Å². The Kier molecular flexibility index (Phi) is 5.14. The first kappa shape index (κ1) is 15.6. The van der Waals surface area contributed by atoms with E-state index < -0.39 is 6.10 Å². The van der Waals surface area contributed by atoms with E-state index in [2.05, 4.69) is 10.6 Å². The first-order valence-corrected chi connectivity index (χ1v) is 6.95. The maximum atomic E-state index is 12.2. The molecule has 0 aliphatic rings. The highest BCUT2D eigenvalue weighted by atomic mass is 16.5. The highest BCUT2D eigenvalue weighted by Gasteiger charge is 2.17. The number of hydrogen-bond acceptors (Lipinski definition) is 3. The SMILES string of the molecule is CNC(=O)c1ccccc1NC(=O)[C@@H](C)Oc1ccccc1. The number of hydrogen-bond donors (Lipinski definition) is 2. The van der Waals surface area contributed by atoms with Gasteiger partial charge in [0.15, 0.2) is 6.10 Å². The standard InChI is InChI=1S/C17H18N2O3/c1-12(22-13-8-4-3-5-9-13)16(20)19-15-11-7-6-10-14(15)17(21)18-2/h3-12H,1-2H3,(H,18,21)(H,19,20)/t12-/m1/s1. The first-order chi connectivity index (χ1) is 10.6. The molecule has 5 nitrogen and oxygen atoms in total. The van der Waals surface area contributed by atoms with Crippen LogP contribution in [-0.2, 0) is 4.79 Å². The molecule has 1 atom stereocenters. The zero-order valence-corrected chi connectivity index (χ0v) is 12.5. The second kappa shape index (κ2) is 7.26. The Bertz CT molecular complexity index is 656. The predicted molar refractivity (Wildman–Crippen MR) is 85.0 cm³/mol. The quantitative estimate of drug-likeness (QED) is 0.891. The van der Waals surface area contributed by atoms with Crippen LogP contribution < -0.4 is 15.4 Å². The number of para-hydroxylation sites is 2. The highest BCUT2D eigenvalue weighted by molar-refractivity contribution is 6.04. The minimum absolute atomic E-state index is 0.257. The number of amides is 2. The molecular weight excluding hydrogens is 280 g/mol. The summed E-state index contributed by atoms with van der Waals surface area (Å²) in [5, 5.41) is 5.26. The average Bonchev–Trinajstić information content (AvgIpc) is 2.55. The van der Waals surface area contributed by atoms with Gasteiger partial charge in [-0.15, -0.1) is 0 Å². The molecule has 2 amide bonds. The van der Waals surface area contributed by atoms with Crippen molar-refractivity contribution < 1.29 is 14.3 Å². The monoisotopic (exact) mass is 298 g/mol. The summed E-state index contributed by atoms with van der Waals surface area (Å²) < 4.78 is 5.56. The Morgan fingerprint density at radius 3 is 2.32 bits per heavy atom. The molecule has 5 heteroatoms. The number of carbonyl (C=O) groups is 2. The molecule has 0 heterocycles. The molecule has 2 aromatic rings. The van der Waals surface area contributed by atoms with Crippen LogP contribution in [-0.4, -0.2) is 25.0 Å². The van der Waals surface area contributed by atoms with Gasteiger partial charge in [0.1, 0.15) is 5.75 Å². The smallest absolute Gasteiger partial charge is 0.265 e. The van der Waals surface area contributed by atoms with Crippen molar-refractivity contribution in [3.05, 3.63) is 60.2 Å². The summed E-state index contributed by atoms with van der Waals surface area (Å²) in [6.45, 7) is 1.66. The summed E-state index contributed by atoms with van der Waals surface area (Å²) >= 11 is 0. The summed E-state index contributed by atoms with van der Waals surface area (Å²) in [6, 6.07) is 15.9. The van der Waals surface area contributed by atoms with Crippen LogP contribution in [0.1, 0.15) is 17.3 Å². The van der Waals surface area contributed by atoms with Gasteiger partial charge in [0, 0.05) is 7.05 Å². The fraction of sp³-hybridized carbons (Fsp3) is 0.176. The van der Waals surface area contributed by atoms with E-state index in [4.69, 9.17) is 4.74 Å². The van der Waals surface area contributed by atoms with Crippen LogP contribution in [0.25, 0.3) is 0 Å². The van der Waals surface area contributed by atoms with Gasteiger partial charge in [-0.05, 0) is 31.2 Å². The molecule has 0 saturated heterocycles. The van der Waals surface area contributed by atoms with Gasteiger partial charge in [0.05, 0.1) is 11.3 Å². The van der Waals surface area contributed by atoms with E-state index >= 15 is 0 Å². The Morgan fingerprint density at radius 1 is 1.00 bits per heavy atom. The molecule has 0 fully saturated rings. The Balaban J connectivity index is 2.07. The van der Waals surface area contributed by atoms with Crippen molar-refractivity contribution in [2.45, 2.75) is 13.0 Å². The molecule has 0 saturated carbocycles. The number of ether oxygens (including phenoxy) is 1. The van der Waals surface area contributed by atoms with Gasteiger partial charge in [-0.1, -0.05) is 30.3 Å². The van der Waals surface area contributed by atoms with Gasteiger partial charge in [-0.3, -0.25) is 9.59 Å². The van der Waals surface area contributed by atoms with E-state index in [0.717, 1.165) is 0 Å². The van der Waals surface area contributed by atoms with E-state index in [-0.39, 0.29) is 11.8 Å². The van der Waals surface area contributed by atoms with Gasteiger partial charge in [-0.25, -0.2) is 0 Å². The normalized spacial score (nSPS) is 11.4. The van der Waals surface area contributed by atoms with Crippen molar-refractivity contribution in [1.82, 2.24) is 5.32 Å². The van der Waals surface area contributed by atoms with Crippen LogP contribution in [0.2, 0.25) is 0 Å². The topological polar surface area (TPSA) is 67.4 Å². The van der Waals surface area contributed by atoms with Crippen molar-refractivity contribution in [2.75, 3.05) is 12.4 Å². The van der Waals surface area contributed by atoms with Crippen LogP contribution >= 0.6 is 0 Å². The van der Waals surface area contributed by atoms with Crippen LogP contribution in [0.15, 0.2) is 54.6 Å². The predicted octanol–water partition coefficient (Wildman–Crippen LogP) is 2.45. The fourth-order valence-electron chi connectivity index (χ4n) is 1.92. The Labute approximate surface area is 129 Å². The number of rotatable bonds is 5. The van der Waals surface area contributed by atoms with Gasteiger partial charge < -0.3 is 15.4 Å². The minimum Gasteiger partial charge on any atom is -0.481 e. The zero-order chi connectivity index (χ0) is 15.9. The van der Waals surface area contributed by atoms with Gasteiger partial charge in [0.25, 0.3) is 11.8 Å². The summed E-state index contributed by atoms with van der Waals surface area (Å²) in [5.74, 6) is 0.0393. The molecular formula is C17H18N2O3. The van der Waals surface area contributed by atoms with Gasteiger partial charge >= 0.3 is 0 Å². The maximum Gasteiger partial charge on any atom is 0.265 e. The average molecular weight is 298 g/mol. The molecule has 0 aromatic heterocycles. The molecule has 0 aliphatic heterocycles. The van der Waals surface area contributed by atoms with Crippen molar-refractivity contribution in [1.29, 1.82) is 0 Å². The van der Waals surface area contributed by atoms with Crippen LogP contribution in [0.5, 0.6) is 5.75 Å². The van der Waals surface area contributed by atoms with E-state index in [1.165, 1.54) is 0 Å².